The number of nitrogens with zero attached hydrogens (tertiary/aromatic N) is 1. The molecular formula is C12H24NO5+. The summed E-state index contributed by atoms with van der Waals surface area (Å²) >= 11 is 0. The largest absolute Gasteiger partial charge is 0.481 e. The molecule has 0 radical (unpaired) electrons. The lowest BCUT2D eigenvalue weighted by molar-refractivity contribution is -0.873. The standard InChI is InChI=1S/C12H23NO5/c1-12(2,18)6-8(14)10(11(16)17)9(15)7-13(3,4)5/h9-10,15,18H,6-7H2,1-5H3/p+1/t9-,10-/m0/s1. The Morgan fingerprint density at radius 3 is 1.94 bits per heavy atom. The molecule has 3 N–H and O–H groups in total. The Kier molecular flexibility index (Phi) is 5.46. The first-order valence-electron chi connectivity index (χ1n) is 5.80. The van der Waals surface area contributed by atoms with Crippen LogP contribution in [0, 0.1) is 5.92 Å². The molecule has 0 saturated carbocycles. The zero-order chi connectivity index (χ0) is 14.7. The van der Waals surface area contributed by atoms with Crippen molar-refractivity contribution in [2.75, 3.05) is 27.7 Å². The third-order valence-electron chi connectivity index (χ3n) is 2.34. The number of aliphatic hydroxyl groups is 2. The fourth-order valence-electron chi connectivity index (χ4n) is 1.72. The zero-order valence-corrected chi connectivity index (χ0v) is 11.7. The van der Waals surface area contributed by atoms with E-state index >= 15 is 0 Å². The minimum atomic E-state index is -1.49. The van der Waals surface area contributed by atoms with Gasteiger partial charge in [-0.05, 0) is 13.8 Å². The maximum absolute atomic E-state index is 11.8. The van der Waals surface area contributed by atoms with Gasteiger partial charge in [-0.3, -0.25) is 9.59 Å². The lowest BCUT2D eigenvalue weighted by Gasteiger charge is -2.29. The number of carbonyl (C=O) groups is 2. The molecule has 0 rings (SSSR count). The van der Waals surface area contributed by atoms with Crippen molar-refractivity contribution in [3.8, 4) is 0 Å². The van der Waals surface area contributed by atoms with Gasteiger partial charge in [0.05, 0.1) is 26.7 Å². The summed E-state index contributed by atoms with van der Waals surface area (Å²) in [6, 6.07) is 0. The minimum absolute atomic E-state index is 0.147. The first kappa shape index (κ1) is 17.0. The van der Waals surface area contributed by atoms with Crippen molar-refractivity contribution in [1.29, 1.82) is 0 Å². The second-order valence-electron chi connectivity index (χ2n) is 6.31. The average molecular weight is 262 g/mol. The molecule has 0 unspecified atom stereocenters. The molecule has 0 amide bonds. The average Bonchev–Trinajstić information content (AvgIpc) is 1.93. The molecule has 0 aromatic rings. The Morgan fingerprint density at radius 2 is 1.67 bits per heavy atom. The van der Waals surface area contributed by atoms with Crippen molar-refractivity contribution in [3.63, 3.8) is 0 Å². The molecule has 2 atom stereocenters. The lowest BCUT2D eigenvalue weighted by Crippen LogP contribution is -2.48. The SMILES string of the molecule is CC(C)(O)CC(=O)[C@H](C(=O)O)[C@@H](O)C[N+](C)(C)C. The van der Waals surface area contributed by atoms with E-state index in [0.717, 1.165) is 0 Å². The van der Waals surface area contributed by atoms with Gasteiger partial charge in [-0.25, -0.2) is 0 Å². The highest BCUT2D eigenvalue weighted by Crippen LogP contribution is 2.17. The molecule has 0 saturated heterocycles. The van der Waals surface area contributed by atoms with Crippen LogP contribution in [0.3, 0.4) is 0 Å². The van der Waals surface area contributed by atoms with Gasteiger partial charge in [0.1, 0.15) is 18.6 Å². The molecule has 0 aromatic heterocycles. The summed E-state index contributed by atoms with van der Waals surface area (Å²) in [6.45, 7) is 3.00. The fraction of sp³-hybridized carbons (Fsp3) is 0.833. The quantitative estimate of drug-likeness (QED) is 0.424. The number of carboxylic acids is 1. The van der Waals surface area contributed by atoms with Gasteiger partial charge in [-0.2, -0.15) is 0 Å². The van der Waals surface area contributed by atoms with Gasteiger partial charge in [0.15, 0.2) is 5.78 Å². The molecule has 106 valence electrons. The second-order valence-corrected chi connectivity index (χ2v) is 6.31. The number of carboxylic acid groups (broad SMARTS) is 1. The zero-order valence-electron chi connectivity index (χ0n) is 11.7. The van der Waals surface area contributed by atoms with E-state index in [1.54, 1.807) is 21.1 Å². The number of Topliss-reactive ketones (excluding diaryl/α,β-unsaturated/α-hetero) is 1. The number of ketones is 1. The maximum Gasteiger partial charge on any atom is 0.316 e. The molecule has 0 fully saturated rings. The first-order chi connectivity index (χ1) is 7.83. The number of aliphatic carboxylic acids is 1. The van der Waals surface area contributed by atoms with Crippen LogP contribution in [-0.4, -0.2) is 70.9 Å². The summed E-state index contributed by atoms with van der Waals surface area (Å²) in [6.07, 6.45) is -1.56. The van der Waals surface area contributed by atoms with E-state index in [4.69, 9.17) is 5.11 Å². The molecule has 0 heterocycles. The third kappa shape index (κ3) is 6.68. The van der Waals surface area contributed by atoms with Crippen LogP contribution < -0.4 is 0 Å². The Morgan fingerprint density at radius 1 is 1.22 bits per heavy atom. The van der Waals surface area contributed by atoms with Gasteiger partial charge in [0.2, 0.25) is 0 Å². The third-order valence-corrected chi connectivity index (χ3v) is 2.34. The van der Waals surface area contributed by atoms with Crippen LogP contribution in [0.2, 0.25) is 0 Å². The number of quaternary nitrogens is 1. The number of carbonyl (C=O) groups excluding carboxylic acids is 1. The number of likely N-dealkylation sites (N-methyl/N-ethyl adjacent to an activating group) is 1. The Balaban J connectivity index is 4.87. The maximum atomic E-state index is 11.8. The summed E-state index contributed by atoms with van der Waals surface area (Å²) in [5.74, 6) is -3.50. The lowest BCUT2D eigenvalue weighted by atomic mass is 9.89. The fourth-order valence-corrected chi connectivity index (χ4v) is 1.72. The first-order valence-corrected chi connectivity index (χ1v) is 5.80. The molecule has 6 nitrogen and oxygen atoms in total. The van der Waals surface area contributed by atoms with Crippen molar-refractivity contribution in [2.24, 2.45) is 5.92 Å². The predicted octanol–water partition coefficient (Wildman–Crippen LogP) is -0.516. The van der Waals surface area contributed by atoms with Gasteiger partial charge < -0.3 is 19.8 Å². The molecule has 0 aliphatic carbocycles. The highest BCUT2D eigenvalue weighted by molar-refractivity contribution is 5.99. The highest BCUT2D eigenvalue weighted by Gasteiger charge is 2.38. The van der Waals surface area contributed by atoms with Gasteiger partial charge in [0, 0.05) is 6.42 Å². The smallest absolute Gasteiger partial charge is 0.316 e. The van der Waals surface area contributed by atoms with Crippen molar-refractivity contribution < 1.29 is 29.4 Å². The summed E-state index contributed by atoms with van der Waals surface area (Å²) in [5, 5.41) is 28.5. The molecule has 0 spiro atoms. The number of rotatable bonds is 7. The van der Waals surface area contributed by atoms with Crippen molar-refractivity contribution in [2.45, 2.75) is 32.0 Å². The molecular weight excluding hydrogens is 238 g/mol. The monoisotopic (exact) mass is 262 g/mol. The molecule has 0 aromatic carbocycles. The summed E-state index contributed by atoms with van der Waals surface area (Å²) in [4.78, 5) is 22.9. The van der Waals surface area contributed by atoms with Crippen LogP contribution in [0.1, 0.15) is 20.3 Å². The normalized spacial score (nSPS) is 16.2. The molecule has 0 aliphatic rings. The van der Waals surface area contributed by atoms with Crippen molar-refractivity contribution in [1.82, 2.24) is 0 Å². The van der Waals surface area contributed by atoms with E-state index in [0.29, 0.717) is 4.48 Å². The Bertz CT molecular complexity index is 313. The summed E-state index contributed by atoms with van der Waals surface area (Å²) < 4.78 is 0.348. The second kappa shape index (κ2) is 5.77. The summed E-state index contributed by atoms with van der Waals surface area (Å²) in [7, 11) is 5.38. The van der Waals surface area contributed by atoms with Gasteiger partial charge in [0.25, 0.3) is 0 Å². The molecule has 6 heteroatoms. The van der Waals surface area contributed by atoms with Crippen molar-refractivity contribution in [3.05, 3.63) is 0 Å². The van der Waals surface area contributed by atoms with Crippen LogP contribution in [0.15, 0.2) is 0 Å². The molecule has 0 bridgehead atoms. The van der Waals surface area contributed by atoms with Gasteiger partial charge in [-0.15, -0.1) is 0 Å². The molecule has 18 heavy (non-hydrogen) atoms. The van der Waals surface area contributed by atoms with Crippen LogP contribution >= 0.6 is 0 Å². The van der Waals surface area contributed by atoms with Gasteiger partial charge in [-0.1, -0.05) is 0 Å². The van der Waals surface area contributed by atoms with Crippen LogP contribution in [0.5, 0.6) is 0 Å². The number of aliphatic hydroxyl groups excluding tert-OH is 1. The van der Waals surface area contributed by atoms with Crippen LogP contribution in [0.4, 0.5) is 0 Å². The van der Waals surface area contributed by atoms with E-state index in [1.807, 2.05) is 0 Å². The van der Waals surface area contributed by atoms with E-state index < -0.39 is 29.4 Å². The number of hydrogen-bond acceptors (Lipinski definition) is 4. The summed E-state index contributed by atoms with van der Waals surface area (Å²) in [5.41, 5.74) is -1.28. The van der Waals surface area contributed by atoms with Gasteiger partial charge >= 0.3 is 5.97 Å². The minimum Gasteiger partial charge on any atom is -0.481 e. The highest BCUT2D eigenvalue weighted by atomic mass is 16.4. The topological polar surface area (TPSA) is 94.8 Å². The predicted molar refractivity (Wildman–Crippen MR) is 66.0 cm³/mol. The van der Waals surface area contributed by atoms with E-state index in [2.05, 4.69) is 0 Å². The molecule has 0 aliphatic heterocycles. The number of hydrogen-bond donors (Lipinski definition) is 3. The van der Waals surface area contributed by atoms with E-state index in [9.17, 15) is 19.8 Å². The van der Waals surface area contributed by atoms with Crippen LogP contribution in [0.25, 0.3) is 0 Å². The van der Waals surface area contributed by atoms with E-state index in [-0.39, 0.29) is 13.0 Å². The van der Waals surface area contributed by atoms with E-state index in [1.165, 1.54) is 13.8 Å². The van der Waals surface area contributed by atoms with Crippen molar-refractivity contribution >= 4 is 11.8 Å². The Hall–Kier alpha value is -0.980. The Labute approximate surface area is 107 Å². The van der Waals surface area contributed by atoms with Crippen LogP contribution in [-0.2, 0) is 9.59 Å².